The molecule has 0 saturated heterocycles. The number of hydrogen-bond donors (Lipinski definition) is 1. The summed E-state index contributed by atoms with van der Waals surface area (Å²) in [5.74, 6) is 0. The Bertz CT molecular complexity index is 264. The third-order valence-corrected chi connectivity index (χ3v) is 1.56. The first-order valence-electron chi connectivity index (χ1n) is 4.27. The standard InChI is InChI=1S/C10H13NO2.ClH/c1-2-13-10(12)11-8-9-6-4-3-5-7-9;/h3-7H,2,8H2,1H3,(H,11,12);1H. The van der Waals surface area contributed by atoms with Crippen molar-refractivity contribution in [2.75, 3.05) is 6.61 Å². The molecule has 78 valence electrons. The number of halogens is 1. The molecule has 0 atom stereocenters. The Morgan fingerprint density at radius 3 is 2.57 bits per heavy atom. The molecule has 0 bridgehead atoms. The van der Waals surface area contributed by atoms with Gasteiger partial charge in [0.05, 0.1) is 6.61 Å². The molecule has 0 heterocycles. The quantitative estimate of drug-likeness (QED) is 0.841. The molecule has 0 saturated carbocycles. The van der Waals surface area contributed by atoms with E-state index in [9.17, 15) is 4.79 Å². The van der Waals surface area contributed by atoms with Crippen molar-refractivity contribution in [1.82, 2.24) is 5.32 Å². The van der Waals surface area contributed by atoms with Crippen molar-refractivity contribution >= 4 is 18.5 Å². The fourth-order valence-electron chi connectivity index (χ4n) is 0.952. The van der Waals surface area contributed by atoms with Crippen LogP contribution in [0.4, 0.5) is 4.79 Å². The summed E-state index contributed by atoms with van der Waals surface area (Å²) in [5, 5.41) is 2.64. The van der Waals surface area contributed by atoms with Crippen LogP contribution in [0.5, 0.6) is 0 Å². The molecule has 3 nitrogen and oxygen atoms in total. The molecular formula is C10H14ClNO2. The maximum absolute atomic E-state index is 10.9. The average molecular weight is 216 g/mol. The van der Waals surface area contributed by atoms with E-state index < -0.39 is 0 Å². The van der Waals surface area contributed by atoms with Crippen molar-refractivity contribution in [1.29, 1.82) is 0 Å². The Hall–Kier alpha value is -1.22. The highest BCUT2D eigenvalue weighted by atomic mass is 35.5. The molecular weight excluding hydrogens is 202 g/mol. The van der Waals surface area contributed by atoms with Gasteiger partial charge < -0.3 is 10.1 Å². The molecule has 1 rings (SSSR count). The van der Waals surface area contributed by atoms with Crippen LogP contribution in [0.2, 0.25) is 0 Å². The van der Waals surface area contributed by atoms with Crippen molar-refractivity contribution in [3.63, 3.8) is 0 Å². The minimum Gasteiger partial charge on any atom is -0.450 e. The summed E-state index contributed by atoms with van der Waals surface area (Å²) in [5.41, 5.74) is 1.07. The van der Waals surface area contributed by atoms with Crippen LogP contribution in [0.25, 0.3) is 0 Å². The van der Waals surface area contributed by atoms with Crippen LogP contribution in [0, 0.1) is 0 Å². The van der Waals surface area contributed by atoms with Gasteiger partial charge in [0, 0.05) is 6.54 Å². The smallest absolute Gasteiger partial charge is 0.407 e. The maximum atomic E-state index is 10.9. The Labute approximate surface area is 89.9 Å². The lowest BCUT2D eigenvalue weighted by Gasteiger charge is -2.04. The van der Waals surface area contributed by atoms with Gasteiger partial charge in [0.1, 0.15) is 0 Å². The van der Waals surface area contributed by atoms with Crippen molar-refractivity contribution in [2.24, 2.45) is 0 Å². The Morgan fingerprint density at radius 2 is 2.00 bits per heavy atom. The first-order chi connectivity index (χ1) is 6.33. The van der Waals surface area contributed by atoms with Crippen molar-refractivity contribution in [2.45, 2.75) is 13.5 Å². The van der Waals surface area contributed by atoms with E-state index in [1.807, 2.05) is 30.3 Å². The third kappa shape index (κ3) is 4.72. The monoisotopic (exact) mass is 215 g/mol. The molecule has 1 amide bonds. The van der Waals surface area contributed by atoms with Crippen LogP contribution < -0.4 is 5.32 Å². The molecule has 1 aromatic carbocycles. The highest BCUT2D eigenvalue weighted by molar-refractivity contribution is 5.85. The highest BCUT2D eigenvalue weighted by Crippen LogP contribution is 1.97. The van der Waals surface area contributed by atoms with E-state index in [0.717, 1.165) is 5.56 Å². The lowest BCUT2D eigenvalue weighted by molar-refractivity contribution is 0.151. The summed E-state index contributed by atoms with van der Waals surface area (Å²) in [7, 11) is 0. The Balaban J connectivity index is 0.00000169. The van der Waals surface area contributed by atoms with Crippen molar-refractivity contribution in [3.8, 4) is 0 Å². The minimum absolute atomic E-state index is 0. The molecule has 1 N–H and O–H groups in total. The van der Waals surface area contributed by atoms with Gasteiger partial charge in [-0.1, -0.05) is 30.3 Å². The van der Waals surface area contributed by atoms with Gasteiger partial charge in [-0.05, 0) is 12.5 Å². The third-order valence-electron chi connectivity index (χ3n) is 1.56. The number of carbonyl (C=O) groups is 1. The topological polar surface area (TPSA) is 38.3 Å². The number of rotatable bonds is 3. The zero-order valence-corrected chi connectivity index (χ0v) is 8.84. The lowest BCUT2D eigenvalue weighted by atomic mass is 10.2. The van der Waals surface area contributed by atoms with Crippen LogP contribution in [-0.4, -0.2) is 12.7 Å². The first-order valence-corrected chi connectivity index (χ1v) is 4.27. The van der Waals surface area contributed by atoms with Crippen LogP contribution in [0.15, 0.2) is 30.3 Å². The second kappa shape index (κ2) is 7.21. The predicted molar refractivity (Wildman–Crippen MR) is 57.6 cm³/mol. The van der Waals surface area contributed by atoms with Gasteiger partial charge in [-0.25, -0.2) is 4.79 Å². The lowest BCUT2D eigenvalue weighted by Crippen LogP contribution is -2.23. The number of carbonyl (C=O) groups excluding carboxylic acids is 1. The molecule has 1 aromatic rings. The predicted octanol–water partition coefficient (Wildman–Crippen LogP) is 2.35. The number of amides is 1. The van der Waals surface area contributed by atoms with E-state index in [0.29, 0.717) is 13.2 Å². The van der Waals surface area contributed by atoms with E-state index in [1.165, 1.54) is 0 Å². The van der Waals surface area contributed by atoms with E-state index in [2.05, 4.69) is 5.32 Å². The second-order valence-corrected chi connectivity index (χ2v) is 2.56. The van der Waals surface area contributed by atoms with Crippen LogP contribution in [-0.2, 0) is 11.3 Å². The first kappa shape index (κ1) is 12.8. The minimum atomic E-state index is -0.369. The number of ether oxygens (including phenoxy) is 1. The number of nitrogens with one attached hydrogen (secondary N) is 1. The van der Waals surface area contributed by atoms with Gasteiger partial charge in [-0.3, -0.25) is 0 Å². The summed E-state index contributed by atoms with van der Waals surface area (Å²) in [4.78, 5) is 10.9. The fourth-order valence-corrected chi connectivity index (χ4v) is 0.952. The summed E-state index contributed by atoms with van der Waals surface area (Å²) < 4.78 is 4.71. The van der Waals surface area contributed by atoms with Gasteiger partial charge in [-0.2, -0.15) is 0 Å². The molecule has 0 fully saturated rings. The maximum Gasteiger partial charge on any atom is 0.407 e. The zero-order chi connectivity index (χ0) is 9.52. The SMILES string of the molecule is CCOC(=O)NCc1ccccc1.Cl. The summed E-state index contributed by atoms with van der Waals surface area (Å²) >= 11 is 0. The van der Waals surface area contributed by atoms with Crippen LogP contribution in [0.3, 0.4) is 0 Å². The van der Waals surface area contributed by atoms with Gasteiger partial charge in [0.2, 0.25) is 0 Å². The Kier molecular flexibility index (Phi) is 6.58. The van der Waals surface area contributed by atoms with E-state index >= 15 is 0 Å². The van der Waals surface area contributed by atoms with Gasteiger partial charge >= 0.3 is 6.09 Å². The molecule has 0 aliphatic rings. The summed E-state index contributed by atoms with van der Waals surface area (Å²) in [6, 6.07) is 9.71. The van der Waals surface area contributed by atoms with Crippen LogP contribution in [0.1, 0.15) is 12.5 Å². The highest BCUT2D eigenvalue weighted by Gasteiger charge is 1.98. The zero-order valence-electron chi connectivity index (χ0n) is 8.03. The molecule has 0 aliphatic heterocycles. The van der Waals surface area contributed by atoms with Crippen molar-refractivity contribution < 1.29 is 9.53 Å². The molecule has 4 heteroatoms. The average Bonchev–Trinajstić information content (AvgIpc) is 2.17. The number of hydrogen-bond acceptors (Lipinski definition) is 2. The largest absolute Gasteiger partial charge is 0.450 e. The molecule has 0 unspecified atom stereocenters. The molecule has 0 radical (unpaired) electrons. The van der Waals surface area contributed by atoms with E-state index in [-0.39, 0.29) is 18.5 Å². The molecule has 0 aliphatic carbocycles. The number of benzene rings is 1. The molecule has 14 heavy (non-hydrogen) atoms. The second-order valence-electron chi connectivity index (χ2n) is 2.56. The number of alkyl carbamates (subject to hydrolysis) is 1. The summed E-state index contributed by atoms with van der Waals surface area (Å²) in [6.07, 6.45) is -0.369. The van der Waals surface area contributed by atoms with Gasteiger partial charge in [0.25, 0.3) is 0 Å². The molecule has 0 aromatic heterocycles. The van der Waals surface area contributed by atoms with Gasteiger partial charge in [0.15, 0.2) is 0 Å². The summed E-state index contributed by atoms with van der Waals surface area (Å²) in [6.45, 7) is 2.70. The molecule has 0 spiro atoms. The van der Waals surface area contributed by atoms with E-state index in [1.54, 1.807) is 6.92 Å². The van der Waals surface area contributed by atoms with Gasteiger partial charge in [-0.15, -0.1) is 12.4 Å². The van der Waals surface area contributed by atoms with Crippen LogP contribution >= 0.6 is 12.4 Å². The van der Waals surface area contributed by atoms with Crippen molar-refractivity contribution in [3.05, 3.63) is 35.9 Å². The van der Waals surface area contributed by atoms with E-state index in [4.69, 9.17) is 4.74 Å². The Morgan fingerprint density at radius 1 is 1.36 bits per heavy atom. The normalized spacial score (nSPS) is 8.64. The fraction of sp³-hybridized carbons (Fsp3) is 0.300.